The van der Waals surface area contributed by atoms with Crippen molar-refractivity contribution in [1.29, 1.82) is 0 Å². The van der Waals surface area contributed by atoms with Crippen molar-refractivity contribution in [3.05, 3.63) is 273 Å². The van der Waals surface area contributed by atoms with E-state index in [0.29, 0.717) is 0 Å². The van der Waals surface area contributed by atoms with Crippen LogP contribution in [0.2, 0.25) is 0 Å². The molecule has 14 aromatic rings. The Morgan fingerprint density at radius 3 is 1.04 bits per heavy atom. The molecule has 0 radical (unpaired) electrons. The molecular formula is C68H45N3O. The first-order valence-corrected chi connectivity index (χ1v) is 24.6. The van der Waals surface area contributed by atoms with Gasteiger partial charge in [0.2, 0.25) is 0 Å². The lowest BCUT2D eigenvalue weighted by Crippen LogP contribution is -2.09. The summed E-state index contributed by atoms with van der Waals surface area (Å²) in [6.07, 6.45) is 0. The molecule has 11 aromatic carbocycles. The van der Waals surface area contributed by atoms with E-state index in [2.05, 4.69) is 287 Å². The van der Waals surface area contributed by atoms with Gasteiger partial charge in [0.15, 0.2) is 5.58 Å². The van der Waals surface area contributed by atoms with E-state index in [-0.39, 0.29) is 0 Å². The summed E-state index contributed by atoms with van der Waals surface area (Å²) in [6, 6.07) is 98.1. The molecule has 0 amide bonds. The lowest BCUT2D eigenvalue weighted by atomic mass is 10.0. The van der Waals surface area contributed by atoms with Crippen molar-refractivity contribution in [1.82, 2.24) is 4.40 Å². The van der Waals surface area contributed by atoms with Crippen molar-refractivity contribution in [2.75, 3.05) is 9.80 Å². The molecule has 0 saturated carbocycles. The quantitative estimate of drug-likeness (QED) is 0.137. The van der Waals surface area contributed by atoms with Crippen molar-refractivity contribution in [3.8, 4) is 44.5 Å². The maximum Gasteiger partial charge on any atom is 0.161 e. The Hall–Kier alpha value is -9.64. The van der Waals surface area contributed by atoms with Crippen LogP contribution in [0.25, 0.3) is 93.8 Å². The Labute approximate surface area is 417 Å². The van der Waals surface area contributed by atoms with E-state index >= 15 is 0 Å². The van der Waals surface area contributed by atoms with E-state index in [9.17, 15) is 0 Å². The van der Waals surface area contributed by atoms with Crippen LogP contribution in [0.5, 0.6) is 0 Å². The number of nitrogens with zero attached hydrogens (tertiary/aromatic N) is 3. The number of anilines is 6. The maximum absolute atomic E-state index is 7.01. The number of fused-ring (bicyclic) bond motifs is 8. The third-order valence-corrected chi connectivity index (χ3v) is 14.3. The highest BCUT2D eigenvalue weighted by Crippen LogP contribution is 2.47. The fraction of sp³-hybridized carbons (Fsp3) is 0. The van der Waals surface area contributed by atoms with E-state index in [4.69, 9.17) is 4.42 Å². The van der Waals surface area contributed by atoms with Gasteiger partial charge >= 0.3 is 0 Å². The highest BCUT2D eigenvalue weighted by molar-refractivity contribution is 6.26. The summed E-state index contributed by atoms with van der Waals surface area (Å²) in [7, 11) is 0. The molecule has 0 N–H and O–H groups in total. The van der Waals surface area contributed by atoms with Crippen molar-refractivity contribution in [2.24, 2.45) is 0 Å². The van der Waals surface area contributed by atoms with Crippen LogP contribution < -0.4 is 9.80 Å². The molecule has 3 aromatic heterocycles. The zero-order valence-electron chi connectivity index (χ0n) is 39.2. The van der Waals surface area contributed by atoms with Gasteiger partial charge in [0.05, 0.1) is 11.0 Å². The van der Waals surface area contributed by atoms with Crippen LogP contribution in [-0.2, 0) is 0 Å². The van der Waals surface area contributed by atoms with Gasteiger partial charge < -0.3 is 18.6 Å². The first kappa shape index (κ1) is 41.3. The van der Waals surface area contributed by atoms with Gasteiger partial charge in [-0.3, -0.25) is 0 Å². The second kappa shape index (κ2) is 17.1. The highest BCUT2D eigenvalue weighted by Gasteiger charge is 2.25. The number of para-hydroxylation sites is 1. The largest absolute Gasteiger partial charge is 0.454 e. The fourth-order valence-corrected chi connectivity index (χ4v) is 10.9. The van der Waals surface area contributed by atoms with E-state index in [0.717, 1.165) is 67.1 Å². The van der Waals surface area contributed by atoms with E-state index in [1.165, 1.54) is 60.8 Å². The van der Waals surface area contributed by atoms with Gasteiger partial charge in [0.25, 0.3) is 0 Å². The average molecular weight is 920 g/mol. The van der Waals surface area contributed by atoms with Crippen LogP contribution in [0.15, 0.2) is 277 Å². The summed E-state index contributed by atoms with van der Waals surface area (Å²) < 4.78 is 9.44. The number of hydrogen-bond donors (Lipinski definition) is 0. The molecule has 14 rings (SSSR count). The van der Waals surface area contributed by atoms with Gasteiger partial charge in [-0.05, 0) is 129 Å². The van der Waals surface area contributed by atoms with Crippen LogP contribution in [-0.4, -0.2) is 4.40 Å². The normalized spacial score (nSPS) is 11.6. The molecular weight excluding hydrogens is 875 g/mol. The summed E-state index contributed by atoms with van der Waals surface area (Å²) >= 11 is 0. The lowest BCUT2D eigenvalue weighted by molar-refractivity contribution is 0.673. The third-order valence-electron chi connectivity index (χ3n) is 14.3. The average Bonchev–Trinajstić information content (AvgIpc) is 4.11. The molecule has 72 heavy (non-hydrogen) atoms. The first-order valence-electron chi connectivity index (χ1n) is 24.6. The van der Waals surface area contributed by atoms with E-state index in [1.54, 1.807) is 0 Å². The first-order chi connectivity index (χ1) is 35.7. The summed E-state index contributed by atoms with van der Waals surface area (Å²) in [6.45, 7) is 0. The zero-order valence-corrected chi connectivity index (χ0v) is 39.2. The van der Waals surface area contributed by atoms with E-state index < -0.39 is 0 Å². The Bertz CT molecular complexity index is 4040. The van der Waals surface area contributed by atoms with Crippen LogP contribution in [0, 0.1) is 0 Å². The Morgan fingerprint density at radius 1 is 0.250 bits per heavy atom. The smallest absolute Gasteiger partial charge is 0.161 e. The van der Waals surface area contributed by atoms with Crippen molar-refractivity contribution in [2.45, 2.75) is 0 Å². The summed E-state index contributed by atoms with van der Waals surface area (Å²) in [5, 5.41) is 4.57. The number of aromatic nitrogens is 1. The predicted octanol–water partition coefficient (Wildman–Crippen LogP) is 19.2. The molecule has 0 saturated heterocycles. The van der Waals surface area contributed by atoms with Gasteiger partial charge in [-0.2, -0.15) is 0 Å². The van der Waals surface area contributed by atoms with Crippen LogP contribution in [0.4, 0.5) is 34.1 Å². The van der Waals surface area contributed by atoms with Crippen molar-refractivity contribution in [3.63, 3.8) is 0 Å². The molecule has 4 nitrogen and oxygen atoms in total. The summed E-state index contributed by atoms with van der Waals surface area (Å²) in [5.74, 6) is 0. The molecule has 0 spiro atoms. The molecule has 0 aliphatic carbocycles. The van der Waals surface area contributed by atoms with Crippen LogP contribution in [0.3, 0.4) is 0 Å². The molecule has 0 unspecified atom stereocenters. The number of furan rings is 1. The van der Waals surface area contributed by atoms with E-state index in [1.807, 2.05) is 0 Å². The topological polar surface area (TPSA) is 24.0 Å². The molecule has 0 fully saturated rings. The zero-order chi connectivity index (χ0) is 47.5. The summed E-state index contributed by atoms with van der Waals surface area (Å²) in [5.41, 5.74) is 21.1. The molecule has 0 aliphatic rings. The number of hydrogen-bond acceptors (Lipinski definition) is 3. The number of benzene rings is 11. The minimum absolute atomic E-state index is 0.842. The molecule has 0 bridgehead atoms. The van der Waals surface area contributed by atoms with Gasteiger partial charge in [0, 0.05) is 61.7 Å². The molecule has 0 atom stereocenters. The van der Waals surface area contributed by atoms with Gasteiger partial charge in [-0.25, -0.2) is 0 Å². The minimum Gasteiger partial charge on any atom is -0.454 e. The lowest BCUT2D eigenvalue weighted by Gasteiger charge is -2.26. The standard InChI is InChI=1S/C68H45N3O/c1-5-14-46(15-6-1)50-24-32-54(33-25-50)69(55-34-26-51(27-35-55)47-16-7-2-8-17-47)58-41-43-64-63(44-58)60-22-13-23-62-66(60)71(64)67-61-42-40-59(45-65(61)72-68(62)67)70(56-36-28-52(29-37-56)48-18-9-3-10-19-48)57-38-30-53(31-39-57)49-20-11-4-12-21-49/h1-45H. The molecule has 3 heterocycles. The molecule has 338 valence electrons. The SMILES string of the molecule is c1ccc(-c2ccc(N(c3ccc(-c4ccccc4)cc3)c3ccc4c(c3)oc3c5cccc6c7cc(N(c8ccc(-c9ccccc9)cc8)c8ccc(-c9ccccc9)cc8)ccc7n(c65)c43)cc2)cc1. The van der Waals surface area contributed by atoms with Gasteiger partial charge in [0.1, 0.15) is 11.1 Å². The minimum atomic E-state index is 0.842. The number of rotatable bonds is 10. The second-order valence-corrected chi connectivity index (χ2v) is 18.5. The highest BCUT2D eigenvalue weighted by atomic mass is 16.3. The maximum atomic E-state index is 7.01. The fourth-order valence-electron chi connectivity index (χ4n) is 10.9. The molecule has 4 heteroatoms. The van der Waals surface area contributed by atoms with Gasteiger partial charge in [-0.1, -0.05) is 182 Å². The van der Waals surface area contributed by atoms with Crippen LogP contribution >= 0.6 is 0 Å². The van der Waals surface area contributed by atoms with Crippen LogP contribution in [0.1, 0.15) is 0 Å². The third kappa shape index (κ3) is 7.00. The molecule has 0 aliphatic heterocycles. The van der Waals surface area contributed by atoms with Gasteiger partial charge in [-0.15, -0.1) is 0 Å². The van der Waals surface area contributed by atoms with Crippen molar-refractivity contribution >= 4 is 83.4 Å². The summed E-state index contributed by atoms with van der Waals surface area (Å²) in [4.78, 5) is 4.70. The second-order valence-electron chi connectivity index (χ2n) is 18.5. The Balaban J connectivity index is 0.891. The van der Waals surface area contributed by atoms with Crippen molar-refractivity contribution < 1.29 is 4.42 Å². The monoisotopic (exact) mass is 919 g/mol. The Kier molecular flexibility index (Phi) is 9.82. The predicted molar refractivity (Wildman–Crippen MR) is 302 cm³/mol. The Morgan fingerprint density at radius 2 is 0.611 bits per heavy atom.